The van der Waals surface area contributed by atoms with E-state index in [4.69, 9.17) is 4.74 Å². The van der Waals surface area contributed by atoms with Gasteiger partial charge in [0.15, 0.2) is 12.1 Å². The van der Waals surface area contributed by atoms with E-state index in [1.165, 1.54) is 12.0 Å². The van der Waals surface area contributed by atoms with Crippen molar-refractivity contribution < 1.29 is 13.9 Å². The monoisotopic (exact) mass is 238 g/mol. The molecule has 1 aliphatic rings. The van der Waals surface area contributed by atoms with Crippen molar-refractivity contribution in [1.29, 1.82) is 0 Å². The van der Waals surface area contributed by atoms with Crippen molar-refractivity contribution in [3.63, 3.8) is 0 Å². The summed E-state index contributed by atoms with van der Waals surface area (Å²) in [6.45, 7) is 3.74. The number of carbonyl (C=O) groups is 1. The zero-order chi connectivity index (χ0) is 12.6. The minimum Gasteiger partial charge on any atom is -0.481 e. The van der Waals surface area contributed by atoms with Crippen molar-refractivity contribution >= 4 is 11.6 Å². The zero-order valence-corrected chi connectivity index (χ0v) is 10.1. The Kier molecular flexibility index (Phi) is 3.00. The maximum Gasteiger partial charge on any atom is 0.214 e. The van der Waals surface area contributed by atoms with Gasteiger partial charge in [-0.1, -0.05) is 0 Å². The minimum atomic E-state index is -1.31. The second kappa shape index (κ2) is 4.31. The van der Waals surface area contributed by atoms with E-state index >= 15 is 0 Å². The smallest absolute Gasteiger partial charge is 0.214 e. The molecule has 1 aromatic rings. The molecule has 92 valence electrons. The van der Waals surface area contributed by atoms with E-state index in [1.807, 2.05) is 13.8 Å². The number of rotatable bonds is 2. The molecule has 17 heavy (non-hydrogen) atoms. The first kappa shape index (κ1) is 11.8. The fourth-order valence-corrected chi connectivity index (χ4v) is 2.02. The summed E-state index contributed by atoms with van der Waals surface area (Å²) >= 11 is 0. The molecule has 0 aromatic carbocycles. The molecule has 1 aliphatic heterocycles. The minimum absolute atomic E-state index is 0.0588. The van der Waals surface area contributed by atoms with Crippen LogP contribution in [0.4, 0.5) is 10.2 Å². The first-order valence-corrected chi connectivity index (χ1v) is 5.55. The van der Waals surface area contributed by atoms with E-state index in [0.717, 1.165) is 0 Å². The van der Waals surface area contributed by atoms with Crippen LogP contribution >= 0.6 is 0 Å². The number of methoxy groups -OCH3 is 1. The molecule has 0 saturated heterocycles. The number of carbonyl (C=O) groups excluding carboxylic acids is 1. The molecule has 0 N–H and O–H groups in total. The predicted octanol–water partition coefficient (Wildman–Crippen LogP) is 2.19. The molecular formula is C12H15FN2O2. The SMILES string of the molecule is COc1ccc2c(n1)N(C(C)C)C(F)CC2=O. The molecule has 1 unspecified atom stereocenters. The van der Waals surface area contributed by atoms with Crippen LogP contribution in [0.15, 0.2) is 12.1 Å². The number of alkyl halides is 1. The zero-order valence-electron chi connectivity index (χ0n) is 10.1. The van der Waals surface area contributed by atoms with Crippen molar-refractivity contribution in [3.05, 3.63) is 17.7 Å². The summed E-state index contributed by atoms with van der Waals surface area (Å²) in [6, 6.07) is 3.20. The molecular weight excluding hydrogens is 223 g/mol. The van der Waals surface area contributed by atoms with Gasteiger partial charge in [0.1, 0.15) is 5.82 Å². The van der Waals surface area contributed by atoms with Gasteiger partial charge >= 0.3 is 0 Å². The van der Waals surface area contributed by atoms with Crippen molar-refractivity contribution in [3.8, 4) is 5.88 Å². The number of ether oxygens (including phenoxy) is 1. The summed E-state index contributed by atoms with van der Waals surface area (Å²) < 4.78 is 18.9. The first-order valence-electron chi connectivity index (χ1n) is 5.55. The normalized spacial score (nSPS) is 19.5. The highest BCUT2D eigenvalue weighted by Crippen LogP contribution is 2.32. The average Bonchev–Trinajstić information content (AvgIpc) is 2.27. The van der Waals surface area contributed by atoms with Gasteiger partial charge in [-0.3, -0.25) is 4.79 Å². The molecule has 0 aliphatic carbocycles. The summed E-state index contributed by atoms with van der Waals surface area (Å²) in [7, 11) is 1.49. The highest BCUT2D eigenvalue weighted by Gasteiger charge is 2.34. The molecule has 0 fully saturated rings. The topological polar surface area (TPSA) is 42.4 Å². The summed E-state index contributed by atoms with van der Waals surface area (Å²) in [6.07, 6.45) is -1.42. The number of Topliss-reactive ketones (excluding diaryl/α,β-unsaturated/α-hetero) is 1. The Morgan fingerprint density at radius 1 is 1.53 bits per heavy atom. The number of nitrogens with zero attached hydrogens (tertiary/aromatic N) is 2. The maximum atomic E-state index is 13.9. The summed E-state index contributed by atoms with van der Waals surface area (Å²) in [5.74, 6) is 0.555. The van der Waals surface area contributed by atoms with Crippen molar-refractivity contribution in [2.75, 3.05) is 12.0 Å². The summed E-state index contributed by atoms with van der Waals surface area (Å²) in [4.78, 5) is 17.4. The van der Waals surface area contributed by atoms with Gasteiger partial charge in [0.05, 0.1) is 19.1 Å². The Morgan fingerprint density at radius 3 is 2.82 bits per heavy atom. The highest BCUT2D eigenvalue weighted by molar-refractivity contribution is 6.02. The van der Waals surface area contributed by atoms with Crippen LogP contribution in [0.5, 0.6) is 5.88 Å². The number of hydrogen-bond donors (Lipinski definition) is 0. The number of fused-ring (bicyclic) bond motifs is 1. The lowest BCUT2D eigenvalue weighted by molar-refractivity contribution is 0.0928. The fraction of sp³-hybridized carbons (Fsp3) is 0.500. The molecule has 0 radical (unpaired) electrons. The van der Waals surface area contributed by atoms with Gasteiger partial charge in [-0.2, -0.15) is 4.98 Å². The number of ketones is 1. The van der Waals surface area contributed by atoms with E-state index in [0.29, 0.717) is 17.3 Å². The second-order valence-electron chi connectivity index (χ2n) is 4.29. The molecule has 0 spiro atoms. The lowest BCUT2D eigenvalue weighted by Crippen LogP contribution is -2.43. The third kappa shape index (κ3) is 1.97. The Morgan fingerprint density at radius 2 is 2.24 bits per heavy atom. The molecule has 2 heterocycles. The predicted molar refractivity (Wildman–Crippen MR) is 62.2 cm³/mol. The van der Waals surface area contributed by atoms with E-state index in [-0.39, 0.29) is 18.2 Å². The number of pyridine rings is 1. The molecule has 2 rings (SSSR count). The van der Waals surface area contributed by atoms with Gasteiger partial charge in [-0.15, -0.1) is 0 Å². The average molecular weight is 238 g/mol. The van der Waals surface area contributed by atoms with Gasteiger partial charge in [0, 0.05) is 12.1 Å². The van der Waals surface area contributed by atoms with Crippen molar-refractivity contribution in [1.82, 2.24) is 4.98 Å². The van der Waals surface area contributed by atoms with Crippen LogP contribution < -0.4 is 9.64 Å². The van der Waals surface area contributed by atoms with Crippen molar-refractivity contribution in [2.45, 2.75) is 32.6 Å². The van der Waals surface area contributed by atoms with Crippen LogP contribution in [0.1, 0.15) is 30.6 Å². The Hall–Kier alpha value is -1.65. The van der Waals surface area contributed by atoms with Crippen LogP contribution in [0.25, 0.3) is 0 Å². The van der Waals surface area contributed by atoms with Crippen LogP contribution in [0.2, 0.25) is 0 Å². The van der Waals surface area contributed by atoms with Crippen molar-refractivity contribution in [2.24, 2.45) is 0 Å². The second-order valence-corrected chi connectivity index (χ2v) is 4.29. The lowest BCUT2D eigenvalue weighted by atomic mass is 10.0. The molecule has 0 saturated carbocycles. The van der Waals surface area contributed by atoms with Gasteiger partial charge in [-0.05, 0) is 19.9 Å². The molecule has 4 nitrogen and oxygen atoms in total. The third-order valence-electron chi connectivity index (χ3n) is 2.82. The largest absolute Gasteiger partial charge is 0.481 e. The van der Waals surface area contributed by atoms with Crippen LogP contribution in [0.3, 0.4) is 0 Å². The van der Waals surface area contributed by atoms with Gasteiger partial charge in [0.2, 0.25) is 5.88 Å². The van der Waals surface area contributed by atoms with E-state index < -0.39 is 6.30 Å². The van der Waals surface area contributed by atoms with Gasteiger partial charge < -0.3 is 9.64 Å². The van der Waals surface area contributed by atoms with E-state index in [1.54, 1.807) is 12.1 Å². The number of halogens is 1. The maximum absolute atomic E-state index is 13.9. The molecule has 1 atom stereocenters. The fourth-order valence-electron chi connectivity index (χ4n) is 2.02. The number of hydrogen-bond acceptors (Lipinski definition) is 4. The highest BCUT2D eigenvalue weighted by atomic mass is 19.1. The standard InChI is InChI=1S/C12H15FN2O2/c1-7(2)15-10(13)6-9(16)8-4-5-11(17-3)14-12(8)15/h4-5,7,10H,6H2,1-3H3. The van der Waals surface area contributed by atoms with E-state index in [9.17, 15) is 9.18 Å². The Balaban J connectivity index is 2.54. The summed E-state index contributed by atoms with van der Waals surface area (Å²) in [5.41, 5.74) is 0.466. The van der Waals surface area contributed by atoms with E-state index in [2.05, 4.69) is 4.98 Å². The Labute approximate surface area is 99.4 Å². The van der Waals surface area contributed by atoms with Crippen LogP contribution in [-0.4, -0.2) is 30.2 Å². The van der Waals surface area contributed by atoms with Crippen LogP contribution in [-0.2, 0) is 0 Å². The third-order valence-corrected chi connectivity index (χ3v) is 2.82. The first-order chi connectivity index (χ1) is 8.04. The lowest BCUT2D eigenvalue weighted by Gasteiger charge is -2.35. The Bertz CT molecular complexity index is 448. The molecule has 5 heteroatoms. The van der Waals surface area contributed by atoms with Gasteiger partial charge in [0.25, 0.3) is 0 Å². The molecule has 0 bridgehead atoms. The van der Waals surface area contributed by atoms with Crippen LogP contribution in [0, 0.1) is 0 Å². The number of aromatic nitrogens is 1. The molecule has 1 aromatic heterocycles. The summed E-state index contributed by atoms with van der Waals surface area (Å²) in [5, 5.41) is 0. The number of anilines is 1. The molecule has 0 amide bonds. The van der Waals surface area contributed by atoms with Gasteiger partial charge in [-0.25, -0.2) is 4.39 Å². The quantitative estimate of drug-likeness (QED) is 0.741.